The number of hydrogen-bond donors (Lipinski definition) is 1. The van der Waals surface area contributed by atoms with E-state index in [1.807, 2.05) is 6.92 Å². The van der Waals surface area contributed by atoms with Crippen LogP contribution in [0.4, 0.5) is 13.2 Å². The van der Waals surface area contributed by atoms with Gasteiger partial charge in [-0.3, -0.25) is 15.0 Å². The van der Waals surface area contributed by atoms with Gasteiger partial charge in [0.1, 0.15) is 17.5 Å². The highest BCUT2D eigenvalue weighted by Crippen LogP contribution is 2.17. The lowest BCUT2D eigenvalue weighted by Crippen LogP contribution is -2.36. The van der Waals surface area contributed by atoms with E-state index in [0.29, 0.717) is 11.8 Å². The molecule has 1 amide bonds. The molecule has 1 aromatic heterocycles. The van der Waals surface area contributed by atoms with Crippen LogP contribution in [0.1, 0.15) is 12.5 Å². The Hall–Kier alpha value is -2.81. The first kappa shape index (κ1) is 19.0. The number of rotatable bonds is 5. The van der Waals surface area contributed by atoms with Crippen LogP contribution in [0.3, 0.4) is 0 Å². The van der Waals surface area contributed by atoms with Gasteiger partial charge in [0.2, 0.25) is 5.91 Å². The lowest BCUT2D eigenvalue weighted by atomic mass is 10.1. The number of nitrogens with one attached hydrogen (secondary N) is 1. The van der Waals surface area contributed by atoms with Crippen molar-refractivity contribution in [3.8, 4) is 0 Å². The molecule has 0 aliphatic heterocycles. The predicted octanol–water partition coefficient (Wildman–Crippen LogP) is 3.24. The van der Waals surface area contributed by atoms with E-state index < -0.39 is 28.9 Å². The van der Waals surface area contributed by atoms with E-state index in [4.69, 9.17) is 0 Å². The number of benzene rings is 2. The molecule has 3 aromatic rings. The molecule has 1 N–H and O–H groups in total. The zero-order valence-corrected chi connectivity index (χ0v) is 14.9. The number of halogens is 3. The summed E-state index contributed by atoms with van der Waals surface area (Å²) < 4.78 is 40.9. The normalized spacial score (nSPS) is 11.0. The average molecular weight is 393 g/mol. The van der Waals surface area contributed by atoms with Crippen LogP contribution in [0.2, 0.25) is 0 Å². The fourth-order valence-corrected chi connectivity index (χ4v) is 3.20. The summed E-state index contributed by atoms with van der Waals surface area (Å²) in [5.41, 5.74) is 2.13. The Bertz CT molecular complexity index is 1070. The van der Waals surface area contributed by atoms with E-state index in [0.717, 1.165) is 28.9 Å². The number of carbonyl (C=O) groups is 1. The second kappa shape index (κ2) is 7.83. The lowest BCUT2D eigenvalue weighted by Gasteiger charge is -2.13. The van der Waals surface area contributed by atoms with Crippen LogP contribution in [0.25, 0.3) is 10.9 Å². The molecule has 0 saturated carbocycles. The highest BCUT2D eigenvalue weighted by Gasteiger charge is 2.15. The lowest BCUT2D eigenvalue weighted by molar-refractivity contribution is -0.116. The molecule has 0 fully saturated rings. The molecule has 1 heterocycles. The zero-order valence-electron chi connectivity index (χ0n) is 14.1. The number of hydrogen-bond acceptors (Lipinski definition) is 4. The van der Waals surface area contributed by atoms with Crippen molar-refractivity contribution in [2.75, 3.05) is 11.2 Å². The van der Waals surface area contributed by atoms with Crippen LogP contribution in [0.5, 0.6) is 0 Å². The van der Waals surface area contributed by atoms with Crippen molar-refractivity contribution in [3.63, 3.8) is 0 Å². The summed E-state index contributed by atoms with van der Waals surface area (Å²) in [6, 6.07) is 6.32. The van der Waals surface area contributed by atoms with Gasteiger partial charge in [-0.15, -0.1) is 0 Å². The second-order valence-electron chi connectivity index (χ2n) is 5.62. The van der Waals surface area contributed by atoms with Crippen molar-refractivity contribution in [1.29, 1.82) is 0 Å². The molecule has 0 unspecified atom stereocenters. The third kappa shape index (κ3) is 4.30. The van der Waals surface area contributed by atoms with E-state index >= 15 is 0 Å². The Morgan fingerprint density at radius 3 is 2.48 bits per heavy atom. The van der Waals surface area contributed by atoms with Gasteiger partial charge < -0.3 is 0 Å². The van der Waals surface area contributed by atoms with E-state index in [1.54, 1.807) is 0 Å². The minimum Gasteiger partial charge on any atom is -0.273 e. The summed E-state index contributed by atoms with van der Waals surface area (Å²) in [5.74, 6) is -2.23. The van der Waals surface area contributed by atoms with Crippen LogP contribution in [0.15, 0.2) is 46.3 Å². The minimum absolute atomic E-state index is 0.124. The van der Waals surface area contributed by atoms with E-state index in [1.165, 1.54) is 17.8 Å². The standard InChI is InChI=1S/C18H14F3N3O2S/c1-2-27-18-22-15-9-11(19)3-4-14(15)17(26)24(18)23-16(25)7-10-5-12(20)8-13(21)6-10/h3-6,8-9H,2,7H2,1H3,(H,23,25). The highest BCUT2D eigenvalue weighted by atomic mass is 32.2. The molecule has 0 bridgehead atoms. The summed E-state index contributed by atoms with van der Waals surface area (Å²) in [6.45, 7) is 1.83. The Labute approximate surface area is 156 Å². The first-order chi connectivity index (χ1) is 12.9. The first-order valence-electron chi connectivity index (χ1n) is 7.97. The van der Waals surface area contributed by atoms with Crippen molar-refractivity contribution < 1.29 is 18.0 Å². The maximum absolute atomic E-state index is 13.4. The van der Waals surface area contributed by atoms with Gasteiger partial charge in [0.25, 0.3) is 5.56 Å². The molecule has 27 heavy (non-hydrogen) atoms. The smallest absolute Gasteiger partial charge is 0.273 e. The fourth-order valence-electron chi connectivity index (χ4n) is 2.53. The molecule has 2 aromatic carbocycles. The SMILES string of the molecule is CCSc1nc2cc(F)ccc2c(=O)n1NC(=O)Cc1cc(F)cc(F)c1. The summed E-state index contributed by atoms with van der Waals surface area (Å²) in [4.78, 5) is 29.2. The summed E-state index contributed by atoms with van der Waals surface area (Å²) in [5, 5.41) is 0.313. The second-order valence-corrected chi connectivity index (χ2v) is 6.85. The molecule has 0 radical (unpaired) electrons. The number of carbonyl (C=O) groups excluding carboxylic acids is 1. The minimum atomic E-state index is -0.799. The van der Waals surface area contributed by atoms with Gasteiger partial charge in [0.05, 0.1) is 17.3 Å². The van der Waals surface area contributed by atoms with Gasteiger partial charge >= 0.3 is 0 Å². The Kier molecular flexibility index (Phi) is 5.50. The van der Waals surface area contributed by atoms with Crippen LogP contribution in [0, 0.1) is 17.5 Å². The van der Waals surface area contributed by atoms with Crippen molar-refractivity contribution in [1.82, 2.24) is 9.66 Å². The van der Waals surface area contributed by atoms with Gasteiger partial charge in [-0.1, -0.05) is 18.7 Å². The Morgan fingerprint density at radius 2 is 1.81 bits per heavy atom. The van der Waals surface area contributed by atoms with Crippen LogP contribution >= 0.6 is 11.8 Å². The average Bonchev–Trinajstić information content (AvgIpc) is 2.57. The predicted molar refractivity (Wildman–Crippen MR) is 96.8 cm³/mol. The van der Waals surface area contributed by atoms with E-state index in [2.05, 4.69) is 10.4 Å². The molecule has 0 aliphatic rings. The van der Waals surface area contributed by atoms with Gasteiger partial charge in [0.15, 0.2) is 5.16 Å². The van der Waals surface area contributed by atoms with Crippen LogP contribution < -0.4 is 11.0 Å². The number of thioether (sulfide) groups is 1. The third-order valence-corrected chi connectivity index (χ3v) is 4.42. The largest absolute Gasteiger partial charge is 0.281 e. The maximum Gasteiger partial charge on any atom is 0.281 e. The quantitative estimate of drug-likeness (QED) is 0.534. The van der Waals surface area contributed by atoms with Crippen molar-refractivity contribution in [2.45, 2.75) is 18.5 Å². The number of amides is 1. The topological polar surface area (TPSA) is 64.0 Å². The van der Waals surface area contributed by atoms with Gasteiger partial charge in [-0.2, -0.15) is 4.68 Å². The summed E-state index contributed by atoms with van der Waals surface area (Å²) >= 11 is 1.18. The molecule has 9 heteroatoms. The van der Waals surface area contributed by atoms with E-state index in [9.17, 15) is 22.8 Å². The molecular formula is C18H14F3N3O2S. The van der Waals surface area contributed by atoms with Crippen molar-refractivity contribution >= 4 is 28.6 Å². The Morgan fingerprint density at radius 1 is 1.11 bits per heavy atom. The summed E-state index contributed by atoms with van der Waals surface area (Å²) in [7, 11) is 0. The van der Waals surface area contributed by atoms with Crippen molar-refractivity contribution in [3.05, 3.63) is 69.8 Å². The van der Waals surface area contributed by atoms with Gasteiger partial charge in [-0.05, 0) is 35.6 Å². The summed E-state index contributed by atoms with van der Waals surface area (Å²) in [6.07, 6.45) is -0.335. The zero-order chi connectivity index (χ0) is 19.6. The van der Waals surface area contributed by atoms with Gasteiger partial charge in [0, 0.05) is 12.1 Å². The molecular weight excluding hydrogens is 379 g/mol. The number of aromatic nitrogens is 2. The van der Waals surface area contributed by atoms with Gasteiger partial charge in [-0.25, -0.2) is 18.2 Å². The van der Waals surface area contributed by atoms with E-state index in [-0.39, 0.29) is 28.0 Å². The molecule has 5 nitrogen and oxygen atoms in total. The first-order valence-corrected chi connectivity index (χ1v) is 8.96. The number of fused-ring (bicyclic) bond motifs is 1. The maximum atomic E-state index is 13.4. The Balaban J connectivity index is 1.96. The molecule has 140 valence electrons. The molecule has 3 rings (SSSR count). The monoisotopic (exact) mass is 393 g/mol. The van der Waals surface area contributed by atoms with Crippen molar-refractivity contribution in [2.24, 2.45) is 0 Å². The number of nitrogens with zero attached hydrogens (tertiary/aromatic N) is 2. The van der Waals surface area contributed by atoms with Crippen LogP contribution in [-0.4, -0.2) is 21.3 Å². The fraction of sp³-hybridized carbons (Fsp3) is 0.167. The molecule has 0 saturated heterocycles. The molecule has 0 spiro atoms. The molecule has 0 aliphatic carbocycles. The highest BCUT2D eigenvalue weighted by molar-refractivity contribution is 7.99. The van der Waals surface area contributed by atoms with Crippen LogP contribution in [-0.2, 0) is 11.2 Å². The molecule has 0 atom stereocenters. The third-order valence-electron chi connectivity index (χ3n) is 3.60.